The second-order valence-corrected chi connectivity index (χ2v) is 5.07. The van der Waals surface area contributed by atoms with Crippen molar-refractivity contribution in [2.45, 2.75) is 52.7 Å². The average molecular weight is 278 g/mol. The number of unbranched alkanes of at least 4 members (excludes halogenated alkanes) is 2. The van der Waals surface area contributed by atoms with Gasteiger partial charge >= 0.3 is 0 Å². The lowest BCUT2D eigenvalue weighted by atomic mass is 10.1. The topological polar surface area (TPSA) is 64.3 Å². The fraction of sp³-hybridized carbons (Fsp3) is 0.562. The molecule has 4 nitrogen and oxygen atoms in total. The predicted octanol–water partition coefficient (Wildman–Crippen LogP) is 2.53. The summed E-state index contributed by atoms with van der Waals surface area (Å²) in [6.07, 6.45) is 2.77. The minimum absolute atomic E-state index is 0.0790. The van der Waals surface area contributed by atoms with Gasteiger partial charge in [-0.3, -0.25) is 4.79 Å². The van der Waals surface area contributed by atoms with Crippen molar-refractivity contribution in [2.75, 3.05) is 6.54 Å². The number of benzene rings is 1. The normalized spacial score (nSPS) is 12.0. The second-order valence-electron chi connectivity index (χ2n) is 5.07. The SMILES string of the molecule is CCCCCNC(=O)C(C)Oc1ccc(C)cc1CN. The van der Waals surface area contributed by atoms with Crippen LogP contribution in [-0.4, -0.2) is 18.6 Å². The Morgan fingerprint density at radius 1 is 1.40 bits per heavy atom. The highest BCUT2D eigenvalue weighted by atomic mass is 16.5. The molecular weight excluding hydrogens is 252 g/mol. The Balaban J connectivity index is 2.52. The van der Waals surface area contributed by atoms with Crippen molar-refractivity contribution in [1.29, 1.82) is 0 Å². The predicted molar refractivity (Wildman–Crippen MR) is 81.7 cm³/mol. The lowest BCUT2D eigenvalue weighted by Gasteiger charge is -2.17. The van der Waals surface area contributed by atoms with E-state index >= 15 is 0 Å². The van der Waals surface area contributed by atoms with Crippen LogP contribution in [0.4, 0.5) is 0 Å². The Labute approximate surface area is 121 Å². The van der Waals surface area contributed by atoms with Gasteiger partial charge in [0.25, 0.3) is 5.91 Å². The molecular formula is C16H26N2O2. The molecule has 0 aromatic heterocycles. The zero-order valence-electron chi connectivity index (χ0n) is 12.7. The lowest BCUT2D eigenvalue weighted by molar-refractivity contribution is -0.127. The smallest absolute Gasteiger partial charge is 0.260 e. The van der Waals surface area contributed by atoms with Crippen LogP contribution in [0.2, 0.25) is 0 Å². The van der Waals surface area contributed by atoms with Gasteiger partial charge in [0, 0.05) is 18.7 Å². The quantitative estimate of drug-likeness (QED) is 0.718. The maximum atomic E-state index is 11.9. The summed E-state index contributed by atoms with van der Waals surface area (Å²) in [5, 5.41) is 2.89. The number of ether oxygens (including phenoxy) is 1. The zero-order chi connectivity index (χ0) is 15.0. The van der Waals surface area contributed by atoms with Crippen molar-refractivity contribution in [3.63, 3.8) is 0 Å². The van der Waals surface area contributed by atoms with Crippen LogP contribution in [0.25, 0.3) is 0 Å². The van der Waals surface area contributed by atoms with Crippen LogP contribution in [0.5, 0.6) is 5.75 Å². The van der Waals surface area contributed by atoms with E-state index in [0.717, 1.165) is 30.4 Å². The maximum Gasteiger partial charge on any atom is 0.260 e. The number of nitrogens with one attached hydrogen (secondary N) is 1. The van der Waals surface area contributed by atoms with Crippen molar-refractivity contribution < 1.29 is 9.53 Å². The van der Waals surface area contributed by atoms with Gasteiger partial charge in [-0.2, -0.15) is 0 Å². The summed E-state index contributed by atoms with van der Waals surface area (Å²) >= 11 is 0. The molecule has 0 aliphatic heterocycles. The molecule has 1 amide bonds. The van der Waals surface area contributed by atoms with Gasteiger partial charge in [0.05, 0.1) is 0 Å². The van der Waals surface area contributed by atoms with Gasteiger partial charge in [-0.05, 0) is 26.3 Å². The van der Waals surface area contributed by atoms with Gasteiger partial charge in [-0.15, -0.1) is 0 Å². The van der Waals surface area contributed by atoms with E-state index in [1.165, 1.54) is 0 Å². The van der Waals surface area contributed by atoms with E-state index in [4.69, 9.17) is 10.5 Å². The molecule has 1 unspecified atom stereocenters. The van der Waals surface area contributed by atoms with Crippen LogP contribution in [0.1, 0.15) is 44.2 Å². The Morgan fingerprint density at radius 3 is 2.80 bits per heavy atom. The van der Waals surface area contributed by atoms with Crippen LogP contribution in [0.15, 0.2) is 18.2 Å². The molecule has 0 aliphatic rings. The monoisotopic (exact) mass is 278 g/mol. The molecule has 1 rings (SSSR count). The third kappa shape index (κ3) is 5.21. The van der Waals surface area contributed by atoms with Gasteiger partial charge in [0.2, 0.25) is 0 Å². The molecule has 112 valence electrons. The third-order valence-corrected chi connectivity index (χ3v) is 3.19. The number of aryl methyl sites for hydroxylation is 1. The number of amides is 1. The number of carbonyl (C=O) groups is 1. The Hall–Kier alpha value is -1.55. The molecule has 0 aliphatic carbocycles. The number of carbonyl (C=O) groups excluding carboxylic acids is 1. The fourth-order valence-electron chi connectivity index (χ4n) is 1.96. The van der Waals surface area contributed by atoms with Crippen LogP contribution in [-0.2, 0) is 11.3 Å². The van der Waals surface area contributed by atoms with E-state index in [2.05, 4.69) is 12.2 Å². The van der Waals surface area contributed by atoms with Crippen molar-refractivity contribution in [3.8, 4) is 5.75 Å². The summed E-state index contributed by atoms with van der Waals surface area (Å²) in [5.41, 5.74) is 7.76. The summed E-state index contributed by atoms with van der Waals surface area (Å²) in [5.74, 6) is 0.610. The van der Waals surface area contributed by atoms with Crippen molar-refractivity contribution >= 4 is 5.91 Å². The fourth-order valence-corrected chi connectivity index (χ4v) is 1.96. The minimum Gasteiger partial charge on any atom is -0.481 e. The summed E-state index contributed by atoms with van der Waals surface area (Å²) in [6.45, 7) is 7.02. The maximum absolute atomic E-state index is 11.9. The summed E-state index contributed by atoms with van der Waals surface area (Å²) in [7, 11) is 0. The molecule has 0 bridgehead atoms. The standard InChI is InChI=1S/C16H26N2O2/c1-4-5-6-9-18-16(19)13(3)20-15-8-7-12(2)10-14(15)11-17/h7-8,10,13H,4-6,9,11,17H2,1-3H3,(H,18,19). The van der Waals surface area contributed by atoms with Gasteiger partial charge < -0.3 is 15.8 Å². The van der Waals surface area contributed by atoms with E-state index in [0.29, 0.717) is 18.8 Å². The molecule has 1 aromatic rings. The Morgan fingerprint density at radius 2 is 2.15 bits per heavy atom. The molecule has 0 heterocycles. The molecule has 0 radical (unpaired) electrons. The van der Waals surface area contributed by atoms with Crippen LogP contribution in [0, 0.1) is 6.92 Å². The molecule has 20 heavy (non-hydrogen) atoms. The van der Waals surface area contributed by atoms with Gasteiger partial charge in [-0.25, -0.2) is 0 Å². The Bertz CT molecular complexity index is 432. The summed E-state index contributed by atoms with van der Waals surface area (Å²) in [4.78, 5) is 11.9. The summed E-state index contributed by atoms with van der Waals surface area (Å²) in [6, 6.07) is 5.82. The molecule has 0 spiro atoms. The molecule has 4 heteroatoms. The first-order chi connectivity index (χ1) is 9.58. The number of nitrogens with two attached hydrogens (primary N) is 1. The molecule has 3 N–H and O–H groups in total. The first-order valence-corrected chi connectivity index (χ1v) is 7.32. The molecule has 1 atom stereocenters. The van der Waals surface area contributed by atoms with Crippen LogP contribution < -0.4 is 15.8 Å². The van der Waals surface area contributed by atoms with E-state index in [-0.39, 0.29) is 5.91 Å². The average Bonchev–Trinajstić information content (AvgIpc) is 2.45. The number of rotatable bonds is 8. The third-order valence-electron chi connectivity index (χ3n) is 3.19. The van der Waals surface area contributed by atoms with Gasteiger partial charge in [-0.1, -0.05) is 37.5 Å². The van der Waals surface area contributed by atoms with Gasteiger partial charge in [0.15, 0.2) is 6.10 Å². The second kappa shape index (κ2) is 8.59. The highest BCUT2D eigenvalue weighted by molar-refractivity contribution is 5.80. The van der Waals surface area contributed by atoms with Crippen molar-refractivity contribution in [2.24, 2.45) is 5.73 Å². The molecule has 1 aromatic carbocycles. The van der Waals surface area contributed by atoms with Crippen molar-refractivity contribution in [1.82, 2.24) is 5.32 Å². The van der Waals surface area contributed by atoms with Crippen LogP contribution >= 0.6 is 0 Å². The van der Waals surface area contributed by atoms with Crippen LogP contribution in [0.3, 0.4) is 0 Å². The summed E-state index contributed by atoms with van der Waals surface area (Å²) < 4.78 is 5.72. The minimum atomic E-state index is -0.510. The number of hydrogen-bond acceptors (Lipinski definition) is 3. The number of hydrogen-bond donors (Lipinski definition) is 2. The molecule has 0 saturated heterocycles. The Kier molecular flexibility index (Phi) is 7.09. The van der Waals surface area contributed by atoms with E-state index < -0.39 is 6.10 Å². The molecule has 0 fully saturated rings. The van der Waals surface area contributed by atoms with E-state index in [9.17, 15) is 4.79 Å². The van der Waals surface area contributed by atoms with Crippen molar-refractivity contribution in [3.05, 3.63) is 29.3 Å². The lowest BCUT2D eigenvalue weighted by Crippen LogP contribution is -2.37. The highest BCUT2D eigenvalue weighted by Gasteiger charge is 2.15. The van der Waals surface area contributed by atoms with E-state index in [1.54, 1.807) is 6.92 Å². The zero-order valence-corrected chi connectivity index (χ0v) is 12.7. The largest absolute Gasteiger partial charge is 0.481 e. The van der Waals surface area contributed by atoms with E-state index in [1.807, 2.05) is 25.1 Å². The first kappa shape index (κ1) is 16.5. The molecule has 0 saturated carbocycles. The first-order valence-electron chi connectivity index (χ1n) is 7.32. The van der Waals surface area contributed by atoms with Gasteiger partial charge in [0.1, 0.15) is 5.75 Å². The highest BCUT2D eigenvalue weighted by Crippen LogP contribution is 2.20.